The van der Waals surface area contributed by atoms with Crippen LogP contribution in [0.2, 0.25) is 5.02 Å². The number of rotatable bonds is 6. The van der Waals surface area contributed by atoms with Crippen LogP contribution in [0.5, 0.6) is 0 Å². The fourth-order valence-electron chi connectivity index (χ4n) is 1.26. The monoisotopic (exact) mass is 286 g/mol. The van der Waals surface area contributed by atoms with E-state index in [1.807, 2.05) is 0 Å². The Hall–Kier alpha value is -1.63. The average Bonchev–Trinajstić information content (AvgIpc) is 2.42. The van der Waals surface area contributed by atoms with Gasteiger partial charge in [-0.3, -0.25) is 9.59 Å². The normalized spacial score (nSPS) is 11.7. The summed E-state index contributed by atoms with van der Waals surface area (Å²) in [5, 5.41) is 22.7. The van der Waals surface area contributed by atoms with Crippen molar-refractivity contribution < 1.29 is 19.8 Å². The van der Waals surface area contributed by atoms with E-state index in [1.165, 1.54) is 0 Å². The van der Waals surface area contributed by atoms with Crippen LogP contribution >= 0.6 is 11.6 Å². The number of amides is 2. The number of nitrogens with one attached hydrogen (secondary N) is 2. The van der Waals surface area contributed by atoms with Crippen LogP contribution in [0.3, 0.4) is 0 Å². The molecule has 1 atom stereocenters. The van der Waals surface area contributed by atoms with Crippen LogP contribution in [-0.2, 0) is 4.79 Å². The predicted molar refractivity (Wildman–Crippen MR) is 69.9 cm³/mol. The van der Waals surface area contributed by atoms with Gasteiger partial charge >= 0.3 is 0 Å². The summed E-state index contributed by atoms with van der Waals surface area (Å²) in [7, 11) is 0. The lowest BCUT2D eigenvalue weighted by Crippen LogP contribution is -2.40. The lowest BCUT2D eigenvalue weighted by Gasteiger charge is -2.10. The van der Waals surface area contributed by atoms with Gasteiger partial charge in [-0.2, -0.15) is 0 Å². The molecule has 0 spiro atoms. The Balaban J connectivity index is 2.38. The molecule has 4 N–H and O–H groups in total. The third kappa shape index (κ3) is 5.25. The molecule has 0 saturated carbocycles. The van der Waals surface area contributed by atoms with Crippen LogP contribution in [0.25, 0.3) is 0 Å². The van der Waals surface area contributed by atoms with Crippen molar-refractivity contribution in [1.29, 1.82) is 0 Å². The quantitative estimate of drug-likeness (QED) is 0.569. The SMILES string of the molecule is O=C(CNC(=O)c1ccccc1Cl)NCC(O)CO. The number of carbonyl (C=O) groups excluding carboxylic acids is 2. The molecule has 1 aromatic carbocycles. The summed E-state index contributed by atoms with van der Waals surface area (Å²) in [6, 6.07) is 6.49. The Morgan fingerprint density at radius 3 is 2.58 bits per heavy atom. The van der Waals surface area contributed by atoms with E-state index in [4.69, 9.17) is 21.8 Å². The number of aliphatic hydroxyl groups excluding tert-OH is 2. The molecule has 104 valence electrons. The van der Waals surface area contributed by atoms with Crippen molar-refractivity contribution in [1.82, 2.24) is 10.6 Å². The molecule has 0 fully saturated rings. The number of hydrogen-bond acceptors (Lipinski definition) is 4. The fraction of sp³-hybridized carbons (Fsp3) is 0.333. The maximum atomic E-state index is 11.7. The van der Waals surface area contributed by atoms with E-state index in [0.29, 0.717) is 5.02 Å². The highest BCUT2D eigenvalue weighted by atomic mass is 35.5. The van der Waals surface area contributed by atoms with Crippen molar-refractivity contribution in [2.75, 3.05) is 19.7 Å². The van der Waals surface area contributed by atoms with Crippen molar-refractivity contribution in [3.05, 3.63) is 34.9 Å². The molecule has 0 heterocycles. The predicted octanol–water partition coefficient (Wildman–Crippen LogP) is -0.461. The number of halogens is 1. The molecule has 1 aromatic rings. The van der Waals surface area contributed by atoms with E-state index in [2.05, 4.69) is 10.6 Å². The largest absolute Gasteiger partial charge is 0.394 e. The first-order valence-corrected chi connectivity index (χ1v) is 6.00. The molecular weight excluding hydrogens is 272 g/mol. The minimum Gasteiger partial charge on any atom is -0.394 e. The van der Waals surface area contributed by atoms with Crippen LogP contribution in [0.1, 0.15) is 10.4 Å². The molecule has 0 aliphatic carbocycles. The van der Waals surface area contributed by atoms with Gasteiger partial charge in [0.1, 0.15) is 0 Å². The van der Waals surface area contributed by atoms with Gasteiger partial charge in [0, 0.05) is 6.54 Å². The first-order valence-electron chi connectivity index (χ1n) is 5.63. The van der Waals surface area contributed by atoms with Gasteiger partial charge in [0.15, 0.2) is 0 Å². The van der Waals surface area contributed by atoms with E-state index in [0.717, 1.165) is 0 Å². The van der Waals surface area contributed by atoms with Gasteiger partial charge < -0.3 is 20.8 Å². The van der Waals surface area contributed by atoms with E-state index in [9.17, 15) is 9.59 Å². The van der Waals surface area contributed by atoms with Gasteiger partial charge in [-0.1, -0.05) is 23.7 Å². The third-order valence-electron chi connectivity index (χ3n) is 2.27. The summed E-state index contributed by atoms with van der Waals surface area (Å²) >= 11 is 5.83. The Bertz CT molecular complexity index is 453. The molecule has 0 bridgehead atoms. The minimum absolute atomic E-state index is 0.0721. The van der Waals surface area contributed by atoms with Gasteiger partial charge in [0.2, 0.25) is 5.91 Å². The highest BCUT2D eigenvalue weighted by molar-refractivity contribution is 6.33. The number of benzene rings is 1. The molecule has 1 rings (SSSR count). The molecule has 6 nitrogen and oxygen atoms in total. The Kier molecular flexibility index (Phi) is 6.27. The average molecular weight is 287 g/mol. The van der Waals surface area contributed by atoms with E-state index in [1.54, 1.807) is 24.3 Å². The number of aliphatic hydroxyl groups is 2. The van der Waals surface area contributed by atoms with Crippen LogP contribution in [-0.4, -0.2) is 47.8 Å². The Labute approximate surface area is 115 Å². The Morgan fingerprint density at radius 2 is 1.95 bits per heavy atom. The van der Waals surface area contributed by atoms with E-state index < -0.39 is 24.5 Å². The van der Waals surface area contributed by atoms with Crippen LogP contribution in [0, 0.1) is 0 Å². The highest BCUT2D eigenvalue weighted by Crippen LogP contribution is 2.14. The van der Waals surface area contributed by atoms with Crippen molar-refractivity contribution >= 4 is 23.4 Å². The van der Waals surface area contributed by atoms with E-state index >= 15 is 0 Å². The first-order chi connectivity index (χ1) is 9.04. The summed E-state index contributed by atoms with van der Waals surface area (Å²) in [4.78, 5) is 23.0. The second kappa shape index (κ2) is 7.73. The van der Waals surface area contributed by atoms with Gasteiger partial charge in [0.25, 0.3) is 5.91 Å². The van der Waals surface area contributed by atoms with Gasteiger partial charge in [-0.25, -0.2) is 0 Å². The minimum atomic E-state index is -1.01. The van der Waals surface area contributed by atoms with Gasteiger partial charge in [0.05, 0.1) is 29.8 Å². The maximum absolute atomic E-state index is 11.7. The van der Waals surface area contributed by atoms with Crippen LogP contribution in [0.15, 0.2) is 24.3 Å². The molecule has 0 saturated heterocycles. The lowest BCUT2D eigenvalue weighted by atomic mass is 10.2. The van der Waals surface area contributed by atoms with Gasteiger partial charge in [-0.15, -0.1) is 0 Å². The Morgan fingerprint density at radius 1 is 1.26 bits per heavy atom. The molecule has 2 amide bonds. The maximum Gasteiger partial charge on any atom is 0.253 e. The molecule has 0 aliphatic heterocycles. The summed E-state index contributed by atoms with van der Waals surface area (Å²) in [5.41, 5.74) is 0.285. The number of hydrogen-bond donors (Lipinski definition) is 4. The summed E-state index contributed by atoms with van der Waals surface area (Å²) in [5.74, 6) is -0.920. The molecule has 0 aliphatic rings. The van der Waals surface area contributed by atoms with Crippen LogP contribution in [0.4, 0.5) is 0 Å². The zero-order valence-electron chi connectivity index (χ0n) is 10.1. The molecule has 0 aromatic heterocycles. The van der Waals surface area contributed by atoms with Crippen molar-refractivity contribution in [3.63, 3.8) is 0 Å². The van der Waals surface area contributed by atoms with Crippen LogP contribution < -0.4 is 10.6 Å². The number of carbonyl (C=O) groups is 2. The topological polar surface area (TPSA) is 98.7 Å². The second-order valence-electron chi connectivity index (χ2n) is 3.80. The third-order valence-corrected chi connectivity index (χ3v) is 2.60. The summed E-state index contributed by atoms with van der Waals surface area (Å²) in [6.07, 6.45) is -1.01. The van der Waals surface area contributed by atoms with Gasteiger partial charge in [-0.05, 0) is 12.1 Å². The molecule has 1 unspecified atom stereocenters. The molecule has 7 heteroatoms. The first kappa shape index (κ1) is 15.4. The standard InChI is InChI=1S/C12H15ClN2O4/c13-10-4-2-1-3-9(10)12(19)15-6-11(18)14-5-8(17)7-16/h1-4,8,16-17H,5-7H2,(H,14,18)(H,15,19). The highest BCUT2D eigenvalue weighted by Gasteiger charge is 2.11. The zero-order chi connectivity index (χ0) is 14.3. The zero-order valence-corrected chi connectivity index (χ0v) is 10.9. The summed E-state index contributed by atoms with van der Waals surface area (Å²) in [6.45, 7) is -0.744. The smallest absolute Gasteiger partial charge is 0.253 e. The van der Waals surface area contributed by atoms with Crippen molar-refractivity contribution in [3.8, 4) is 0 Å². The fourth-order valence-corrected chi connectivity index (χ4v) is 1.48. The molecule has 0 radical (unpaired) electrons. The summed E-state index contributed by atoms with van der Waals surface area (Å²) < 4.78 is 0. The second-order valence-corrected chi connectivity index (χ2v) is 4.21. The molecule has 19 heavy (non-hydrogen) atoms. The van der Waals surface area contributed by atoms with Crippen molar-refractivity contribution in [2.45, 2.75) is 6.10 Å². The van der Waals surface area contributed by atoms with E-state index in [-0.39, 0.29) is 18.7 Å². The van der Waals surface area contributed by atoms with Crippen molar-refractivity contribution in [2.24, 2.45) is 0 Å². The lowest BCUT2D eigenvalue weighted by molar-refractivity contribution is -0.120. The molecular formula is C12H15ClN2O4.